The van der Waals surface area contributed by atoms with E-state index in [-0.39, 0.29) is 11.9 Å². The molecule has 1 aliphatic heterocycles. The number of carbonyl (C=O) groups excluding carboxylic acids is 2. The molecule has 166 valence electrons. The van der Waals surface area contributed by atoms with Crippen molar-refractivity contribution in [1.29, 1.82) is 0 Å². The highest BCUT2D eigenvalue weighted by molar-refractivity contribution is 5.93. The van der Waals surface area contributed by atoms with Gasteiger partial charge in [0.25, 0.3) is 5.91 Å². The average Bonchev–Trinajstić information content (AvgIpc) is 2.80. The molecule has 0 saturated carbocycles. The van der Waals surface area contributed by atoms with Gasteiger partial charge in [0.1, 0.15) is 5.75 Å². The van der Waals surface area contributed by atoms with Crippen LogP contribution in [0.1, 0.15) is 30.1 Å². The van der Waals surface area contributed by atoms with Gasteiger partial charge in [-0.1, -0.05) is 13.3 Å². The zero-order valence-corrected chi connectivity index (χ0v) is 18.4. The van der Waals surface area contributed by atoms with Crippen molar-refractivity contribution in [3.8, 4) is 5.75 Å². The SMILES string of the molecule is CCCCOC(=O)c1ccc(NC(=O)C[NH+]2CCN(c3ccc(OC)cc3)CC2)cc1. The molecular formula is C24H32N3O4+. The number of hydrogen-bond acceptors (Lipinski definition) is 5. The van der Waals surface area contributed by atoms with Crippen LogP contribution in [0.4, 0.5) is 11.4 Å². The molecule has 31 heavy (non-hydrogen) atoms. The number of nitrogens with zero attached hydrogens (tertiary/aromatic N) is 1. The van der Waals surface area contributed by atoms with Crippen molar-refractivity contribution in [3.05, 3.63) is 54.1 Å². The van der Waals surface area contributed by atoms with Gasteiger partial charge in [-0.3, -0.25) is 4.79 Å². The topological polar surface area (TPSA) is 72.3 Å². The Balaban J connectivity index is 1.42. The molecule has 3 rings (SSSR count). The van der Waals surface area contributed by atoms with Crippen molar-refractivity contribution in [2.75, 3.05) is 56.7 Å². The number of amides is 1. The molecule has 0 atom stereocenters. The van der Waals surface area contributed by atoms with Crippen LogP contribution in [0.3, 0.4) is 0 Å². The third kappa shape index (κ3) is 6.72. The van der Waals surface area contributed by atoms with E-state index in [1.165, 1.54) is 10.6 Å². The van der Waals surface area contributed by atoms with Gasteiger partial charge < -0.3 is 24.6 Å². The van der Waals surface area contributed by atoms with Crippen LogP contribution in [-0.2, 0) is 9.53 Å². The van der Waals surface area contributed by atoms with Crippen molar-refractivity contribution in [1.82, 2.24) is 0 Å². The molecule has 2 aromatic carbocycles. The third-order valence-corrected chi connectivity index (χ3v) is 5.45. The second-order valence-electron chi connectivity index (χ2n) is 7.73. The molecular weight excluding hydrogens is 394 g/mol. The largest absolute Gasteiger partial charge is 0.497 e. The van der Waals surface area contributed by atoms with Crippen LogP contribution in [0.5, 0.6) is 5.75 Å². The molecule has 7 nitrogen and oxygen atoms in total. The molecule has 0 spiro atoms. The lowest BCUT2D eigenvalue weighted by atomic mass is 10.2. The summed E-state index contributed by atoms with van der Waals surface area (Å²) in [6.45, 7) is 6.53. The normalized spacial score (nSPS) is 14.2. The van der Waals surface area contributed by atoms with Crippen LogP contribution in [0.25, 0.3) is 0 Å². The van der Waals surface area contributed by atoms with Gasteiger partial charge in [0.05, 0.1) is 45.5 Å². The van der Waals surface area contributed by atoms with Crippen LogP contribution in [0.2, 0.25) is 0 Å². The fraction of sp³-hybridized carbons (Fsp3) is 0.417. The highest BCUT2D eigenvalue weighted by Crippen LogP contribution is 2.19. The number of methoxy groups -OCH3 is 1. The van der Waals surface area contributed by atoms with Crippen LogP contribution in [-0.4, -0.2) is 58.3 Å². The Morgan fingerprint density at radius 3 is 2.32 bits per heavy atom. The molecule has 0 radical (unpaired) electrons. The van der Waals surface area contributed by atoms with Gasteiger partial charge >= 0.3 is 5.97 Å². The number of esters is 1. The highest BCUT2D eigenvalue weighted by atomic mass is 16.5. The van der Waals surface area contributed by atoms with Crippen molar-refractivity contribution in [2.24, 2.45) is 0 Å². The summed E-state index contributed by atoms with van der Waals surface area (Å²) in [5.74, 6) is 0.503. The third-order valence-electron chi connectivity index (χ3n) is 5.45. The molecule has 1 aliphatic rings. The molecule has 0 aliphatic carbocycles. The predicted octanol–water partition coefficient (Wildman–Crippen LogP) is 2.00. The molecule has 2 N–H and O–H groups in total. The molecule has 1 fully saturated rings. The molecule has 0 unspecified atom stereocenters. The first-order valence-corrected chi connectivity index (χ1v) is 10.9. The van der Waals surface area contributed by atoms with Gasteiger partial charge in [-0.05, 0) is 55.0 Å². The Labute approximate surface area is 183 Å². The summed E-state index contributed by atoms with van der Waals surface area (Å²) in [5.41, 5.74) is 2.36. The van der Waals surface area contributed by atoms with Crippen LogP contribution < -0.4 is 19.9 Å². The fourth-order valence-corrected chi connectivity index (χ4v) is 3.57. The quantitative estimate of drug-likeness (QED) is 0.474. The van der Waals surface area contributed by atoms with E-state index in [2.05, 4.69) is 22.3 Å². The van der Waals surface area contributed by atoms with Crippen molar-refractivity contribution in [2.45, 2.75) is 19.8 Å². The first-order valence-electron chi connectivity index (χ1n) is 10.9. The first kappa shape index (κ1) is 22.6. The van der Waals surface area contributed by atoms with Crippen molar-refractivity contribution < 1.29 is 24.0 Å². The maximum atomic E-state index is 12.4. The van der Waals surface area contributed by atoms with E-state index in [4.69, 9.17) is 9.47 Å². The lowest BCUT2D eigenvalue weighted by molar-refractivity contribution is -0.892. The number of hydrogen-bond donors (Lipinski definition) is 2. The summed E-state index contributed by atoms with van der Waals surface area (Å²) in [7, 11) is 1.67. The van der Waals surface area contributed by atoms with E-state index in [0.29, 0.717) is 24.4 Å². The van der Waals surface area contributed by atoms with Gasteiger partial charge in [-0.2, -0.15) is 0 Å². The molecule has 0 aromatic heterocycles. The second kappa shape index (κ2) is 11.4. The summed E-state index contributed by atoms with van der Waals surface area (Å²) in [6, 6.07) is 14.9. The molecule has 2 aromatic rings. The number of ether oxygens (including phenoxy) is 2. The smallest absolute Gasteiger partial charge is 0.338 e. The molecule has 7 heteroatoms. The summed E-state index contributed by atoms with van der Waals surface area (Å²) in [4.78, 5) is 28.0. The molecule has 0 bridgehead atoms. The first-order chi connectivity index (χ1) is 15.1. The number of rotatable bonds is 9. The van der Waals surface area contributed by atoms with E-state index in [9.17, 15) is 9.59 Å². The van der Waals surface area contributed by atoms with Crippen LogP contribution in [0.15, 0.2) is 48.5 Å². The number of carbonyl (C=O) groups is 2. The van der Waals surface area contributed by atoms with E-state index in [1.54, 1.807) is 31.4 Å². The minimum atomic E-state index is -0.328. The van der Waals surface area contributed by atoms with E-state index in [0.717, 1.165) is 44.8 Å². The maximum absolute atomic E-state index is 12.4. The highest BCUT2D eigenvalue weighted by Gasteiger charge is 2.22. The van der Waals surface area contributed by atoms with Crippen molar-refractivity contribution >= 4 is 23.3 Å². The Bertz CT molecular complexity index is 844. The van der Waals surface area contributed by atoms with Gasteiger partial charge in [0.2, 0.25) is 0 Å². The van der Waals surface area contributed by atoms with Crippen LogP contribution in [0, 0.1) is 0 Å². The standard InChI is InChI=1S/C24H31N3O4/c1-3-4-17-31-24(29)19-5-7-20(8-6-19)25-23(28)18-26-13-15-27(16-14-26)21-9-11-22(30-2)12-10-21/h5-12H,3-4,13-18H2,1-2H3,(H,25,28)/p+1. The lowest BCUT2D eigenvalue weighted by Gasteiger charge is -2.33. The van der Waals surface area contributed by atoms with E-state index in [1.807, 2.05) is 19.1 Å². The van der Waals surface area contributed by atoms with Crippen LogP contribution >= 0.6 is 0 Å². The number of quaternary nitrogens is 1. The zero-order chi connectivity index (χ0) is 22.1. The van der Waals surface area contributed by atoms with Gasteiger partial charge in [0.15, 0.2) is 6.54 Å². The van der Waals surface area contributed by atoms with Gasteiger partial charge in [-0.25, -0.2) is 4.79 Å². The summed E-state index contributed by atoms with van der Waals surface area (Å²) in [5, 5.41) is 2.92. The fourth-order valence-electron chi connectivity index (χ4n) is 3.57. The summed E-state index contributed by atoms with van der Waals surface area (Å²) in [6.07, 6.45) is 1.84. The minimum Gasteiger partial charge on any atom is -0.497 e. The number of anilines is 2. The monoisotopic (exact) mass is 426 g/mol. The molecule has 1 amide bonds. The Morgan fingerprint density at radius 2 is 1.71 bits per heavy atom. The predicted molar refractivity (Wildman–Crippen MR) is 121 cm³/mol. The average molecular weight is 427 g/mol. The lowest BCUT2D eigenvalue weighted by Crippen LogP contribution is -3.15. The van der Waals surface area contributed by atoms with Gasteiger partial charge in [-0.15, -0.1) is 0 Å². The zero-order valence-electron chi connectivity index (χ0n) is 18.4. The van der Waals surface area contributed by atoms with Crippen molar-refractivity contribution in [3.63, 3.8) is 0 Å². The van der Waals surface area contributed by atoms with E-state index >= 15 is 0 Å². The Kier molecular flexibility index (Phi) is 8.29. The van der Waals surface area contributed by atoms with Gasteiger partial charge in [0, 0.05) is 11.4 Å². The minimum absolute atomic E-state index is 0.0221. The number of benzene rings is 2. The second-order valence-corrected chi connectivity index (χ2v) is 7.73. The Morgan fingerprint density at radius 1 is 1.03 bits per heavy atom. The maximum Gasteiger partial charge on any atom is 0.338 e. The summed E-state index contributed by atoms with van der Waals surface area (Å²) >= 11 is 0. The number of unbranched alkanes of at least 4 members (excludes halogenated alkanes) is 1. The number of nitrogens with one attached hydrogen (secondary N) is 2. The molecule has 1 saturated heterocycles. The van der Waals surface area contributed by atoms with E-state index < -0.39 is 0 Å². The Hall–Kier alpha value is -3.06. The summed E-state index contributed by atoms with van der Waals surface area (Å²) < 4.78 is 10.4. The number of piperazine rings is 1. The molecule has 1 heterocycles.